The van der Waals surface area contributed by atoms with Gasteiger partial charge < -0.3 is 25.2 Å². The van der Waals surface area contributed by atoms with Crippen molar-refractivity contribution in [3.8, 4) is 0 Å². The zero-order valence-corrected chi connectivity index (χ0v) is 10.1. The summed E-state index contributed by atoms with van der Waals surface area (Å²) in [7, 11) is 0. The number of hydrogen-bond donors (Lipinski definition) is 4. The summed E-state index contributed by atoms with van der Waals surface area (Å²) in [6, 6.07) is 6.49. The third-order valence-electron chi connectivity index (χ3n) is 3.32. The van der Waals surface area contributed by atoms with Crippen LogP contribution in [0.2, 0.25) is 0 Å². The van der Waals surface area contributed by atoms with E-state index in [1.807, 2.05) is 0 Å². The van der Waals surface area contributed by atoms with Crippen molar-refractivity contribution in [1.82, 2.24) is 0 Å². The van der Waals surface area contributed by atoms with Gasteiger partial charge in [-0.25, -0.2) is 0 Å². The summed E-state index contributed by atoms with van der Waals surface area (Å²) in [5, 5.41) is 38.5. The van der Waals surface area contributed by atoms with Crippen molar-refractivity contribution in [3.63, 3.8) is 0 Å². The monoisotopic (exact) mass is 268 g/mol. The predicted molar refractivity (Wildman–Crippen MR) is 64.5 cm³/mol. The number of benzene rings is 1. The highest BCUT2D eigenvalue weighted by Crippen LogP contribution is 2.33. The molecule has 0 radical (unpaired) electrons. The number of ether oxygens (including phenoxy) is 1. The van der Waals surface area contributed by atoms with Gasteiger partial charge in [0, 0.05) is 5.56 Å². The van der Waals surface area contributed by atoms with E-state index in [-0.39, 0.29) is 0 Å². The van der Waals surface area contributed by atoms with Gasteiger partial charge in [0.2, 0.25) is 0 Å². The van der Waals surface area contributed by atoms with Gasteiger partial charge in [-0.3, -0.25) is 4.79 Å². The number of aliphatic hydroxyl groups excluding tert-OH is 4. The smallest absolute Gasteiger partial charge is 0.150 e. The van der Waals surface area contributed by atoms with Crippen molar-refractivity contribution in [2.75, 3.05) is 6.61 Å². The number of aldehydes is 1. The average Bonchev–Trinajstić information content (AvgIpc) is 2.45. The third-order valence-corrected chi connectivity index (χ3v) is 3.32. The van der Waals surface area contributed by atoms with Gasteiger partial charge in [0.25, 0.3) is 0 Å². The quantitative estimate of drug-likeness (QED) is 0.525. The minimum atomic E-state index is -1.45. The molecule has 0 bridgehead atoms. The summed E-state index contributed by atoms with van der Waals surface area (Å²) in [5.74, 6) is 0. The van der Waals surface area contributed by atoms with Crippen LogP contribution in [0.5, 0.6) is 0 Å². The Morgan fingerprint density at radius 2 is 1.79 bits per heavy atom. The second-order valence-electron chi connectivity index (χ2n) is 4.50. The molecule has 0 aliphatic carbocycles. The molecule has 5 atom stereocenters. The molecule has 104 valence electrons. The molecule has 0 saturated carbocycles. The molecule has 0 aromatic heterocycles. The molecule has 6 heteroatoms. The van der Waals surface area contributed by atoms with E-state index in [9.17, 15) is 20.1 Å². The molecule has 1 saturated heterocycles. The first-order valence-electron chi connectivity index (χ1n) is 5.94. The van der Waals surface area contributed by atoms with Crippen molar-refractivity contribution in [2.45, 2.75) is 30.5 Å². The maximum absolute atomic E-state index is 11.0. The fraction of sp³-hybridized carbons (Fsp3) is 0.462. The van der Waals surface area contributed by atoms with E-state index in [0.717, 1.165) is 0 Å². The zero-order valence-electron chi connectivity index (χ0n) is 10.1. The maximum Gasteiger partial charge on any atom is 0.150 e. The number of carbonyl (C=O) groups is 1. The minimum Gasteiger partial charge on any atom is -0.394 e. The van der Waals surface area contributed by atoms with Crippen LogP contribution < -0.4 is 0 Å². The van der Waals surface area contributed by atoms with Gasteiger partial charge >= 0.3 is 0 Å². The number of carbonyl (C=O) groups excluding carboxylic acids is 1. The van der Waals surface area contributed by atoms with E-state index < -0.39 is 37.1 Å². The normalized spacial score (nSPS) is 35.1. The summed E-state index contributed by atoms with van der Waals surface area (Å²) in [5.41, 5.74) is 0.737. The van der Waals surface area contributed by atoms with E-state index in [1.165, 1.54) is 0 Å². The highest BCUT2D eigenvalue weighted by molar-refractivity contribution is 5.77. The average molecular weight is 268 g/mol. The second kappa shape index (κ2) is 5.77. The molecular formula is C13H16O6. The molecule has 4 N–H and O–H groups in total. The van der Waals surface area contributed by atoms with Crippen LogP contribution in [0.1, 0.15) is 22.0 Å². The topological polar surface area (TPSA) is 107 Å². The van der Waals surface area contributed by atoms with Crippen molar-refractivity contribution in [2.24, 2.45) is 0 Å². The van der Waals surface area contributed by atoms with Gasteiger partial charge in [-0.1, -0.05) is 24.3 Å². The Balaban J connectivity index is 2.35. The standard InChI is InChI=1S/C13H16O6/c14-5-7-3-1-2-4-8(7)13-12(18)11(17)10(16)9(6-15)19-13/h1-5,9-13,15-18H,6H2/t9-,10-,11+,12-,13?/m1/s1. The van der Waals surface area contributed by atoms with Crippen LogP contribution in [0, 0.1) is 0 Å². The first kappa shape index (κ1) is 14.1. The molecule has 1 aliphatic rings. The third kappa shape index (κ3) is 2.54. The Morgan fingerprint density at radius 3 is 2.42 bits per heavy atom. The van der Waals surface area contributed by atoms with E-state index in [1.54, 1.807) is 24.3 Å². The van der Waals surface area contributed by atoms with Crippen LogP contribution in [0.4, 0.5) is 0 Å². The SMILES string of the molecule is O=Cc1ccccc1C1O[C@H](CO)[C@@H](O)[C@H](O)[C@H]1O. The van der Waals surface area contributed by atoms with Crippen LogP contribution in [0.15, 0.2) is 24.3 Å². The van der Waals surface area contributed by atoms with Crippen LogP contribution in [-0.2, 0) is 4.74 Å². The van der Waals surface area contributed by atoms with Crippen molar-refractivity contribution >= 4 is 6.29 Å². The first-order chi connectivity index (χ1) is 9.10. The Hall–Kier alpha value is -1.31. The number of rotatable bonds is 3. The van der Waals surface area contributed by atoms with Crippen LogP contribution >= 0.6 is 0 Å². The molecule has 1 heterocycles. The first-order valence-corrected chi connectivity index (χ1v) is 5.94. The molecule has 1 aliphatic heterocycles. The molecule has 1 aromatic rings. The van der Waals surface area contributed by atoms with Gasteiger partial charge in [0.05, 0.1) is 6.61 Å². The van der Waals surface area contributed by atoms with Crippen LogP contribution in [0.3, 0.4) is 0 Å². The van der Waals surface area contributed by atoms with Gasteiger partial charge in [0.1, 0.15) is 36.8 Å². The maximum atomic E-state index is 11.0. The molecule has 0 amide bonds. The lowest BCUT2D eigenvalue weighted by molar-refractivity contribution is -0.231. The largest absolute Gasteiger partial charge is 0.394 e. The highest BCUT2D eigenvalue weighted by Gasteiger charge is 2.44. The Kier molecular flexibility index (Phi) is 4.28. The van der Waals surface area contributed by atoms with Gasteiger partial charge in [-0.05, 0) is 5.56 Å². The zero-order chi connectivity index (χ0) is 14.0. The predicted octanol–water partition coefficient (Wildman–Crippen LogP) is -0.986. The van der Waals surface area contributed by atoms with Gasteiger partial charge in [-0.2, -0.15) is 0 Å². The lowest BCUT2D eigenvalue weighted by Gasteiger charge is -2.40. The van der Waals surface area contributed by atoms with Crippen LogP contribution in [0.25, 0.3) is 0 Å². The molecule has 1 fully saturated rings. The van der Waals surface area contributed by atoms with Crippen molar-refractivity contribution in [3.05, 3.63) is 35.4 Å². The van der Waals surface area contributed by atoms with Crippen molar-refractivity contribution in [1.29, 1.82) is 0 Å². The molecular weight excluding hydrogens is 252 g/mol. The summed E-state index contributed by atoms with van der Waals surface area (Å²) >= 11 is 0. The summed E-state index contributed by atoms with van der Waals surface area (Å²) in [4.78, 5) is 11.0. The summed E-state index contributed by atoms with van der Waals surface area (Å²) in [6.07, 6.45) is -5.56. The Labute approximate surface area is 109 Å². The van der Waals surface area contributed by atoms with Crippen LogP contribution in [-0.4, -0.2) is 57.7 Å². The Morgan fingerprint density at radius 1 is 1.11 bits per heavy atom. The fourth-order valence-corrected chi connectivity index (χ4v) is 2.24. The fourth-order valence-electron chi connectivity index (χ4n) is 2.24. The summed E-state index contributed by atoms with van der Waals surface area (Å²) in [6.45, 7) is -0.495. The minimum absolute atomic E-state index is 0.326. The lowest BCUT2D eigenvalue weighted by Crippen LogP contribution is -2.55. The second-order valence-corrected chi connectivity index (χ2v) is 4.50. The van der Waals surface area contributed by atoms with E-state index in [0.29, 0.717) is 17.4 Å². The number of aliphatic hydroxyl groups is 4. The number of hydrogen-bond acceptors (Lipinski definition) is 6. The molecule has 2 rings (SSSR count). The molecule has 1 unspecified atom stereocenters. The molecule has 19 heavy (non-hydrogen) atoms. The summed E-state index contributed by atoms with van der Waals surface area (Å²) < 4.78 is 5.39. The molecule has 0 spiro atoms. The van der Waals surface area contributed by atoms with E-state index in [2.05, 4.69) is 0 Å². The molecule has 6 nitrogen and oxygen atoms in total. The van der Waals surface area contributed by atoms with E-state index >= 15 is 0 Å². The van der Waals surface area contributed by atoms with Gasteiger partial charge in [0.15, 0.2) is 0 Å². The lowest BCUT2D eigenvalue weighted by atomic mass is 9.89. The highest BCUT2D eigenvalue weighted by atomic mass is 16.5. The van der Waals surface area contributed by atoms with E-state index in [4.69, 9.17) is 9.84 Å². The van der Waals surface area contributed by atoms with Crippen molar-refractivity contribution < 1.29 is 30.0 Å². The molecule has 1 aromatic carbocycles. The van der Waals surface area contributed by atoms with Gasteiger partial charge in [-0.15, -0.1) is 0 Å². The Bertz CT molecular complexity index is 447.